The molecule has 4 nitrogen and oxygen atoms in total. The third-order valence-corrected chi connectivity index (χ3v) is 3.55. The highest BCUT2D eigenvalue weighted by molar-refractivity contribution is 6.33. The number of amides is 2. The zero-order valence-electron chi connectivity index (χ0n) is 12.4. The van der Waals surface area contributed by atoms with Gasteiger partial charge in [0.2, 0.25) is 0 Å². The zero-order valence-corrected chi connectivity index (χ0v) is 13.2. The van der Waals surface area contributed by atoms with Gasteiger partial charge in [0.1, 0.15) is 0 Å². The van der Waals surface area contributed by atoms with Crippen LogP contribution in [0.5, 0.6) is 0 Å². The Morgan fingerprint density at radius 2 is 1.95 bits per heavy atom. The second-order valence-corrected chi connectivity index (χ2v) is 5.45. The molecular weight excluding hydrogens is 300 g/mol. The van der Waals surface area contributed by atoms with Gasteiger partial charge in [-0.05, 0) is 30.2 Å². The van der Waals surface area contributed by atoms with Crippen LogP contribution < -0.4 is 5.32 Å². The Labute approximate surface area is 135 Å². The van der Waals surface area contributed by atoms with Crippen molar-refractivity contribution in [1.29, 1.82) is 0 Å². The average molecular weight is 319 g/mol. The number of benzene rings is 2. The van der Waals surface area contributed by atoms with Crippen molar-refractivity contribution in [3.05, 3.63) is 64.7 Å². The maximum absolute atomic E-state index is 12.4. The van der Waals surface area contributed by atoms with Gasteiger partial charge in [-0.1, -0.05) is 48.0 Å². The molecule has 2 N–H and O–H groups in total. The van der Waals surface area contributed by atoms with Crippen molar-refractivity contribution < 1.29 is 9.90 Å². The molecule has 0 saturated heterocycles. The van der Waals surface area contributed by atoms with Gasteiger partial charge in [0, 0.05) is 13.1 Å². The lowest BCUT2D eigenvalue weighted by Gasteiger charge is -2.22. The standard InChI is InChI=1S/C17H19ClN2O2/c1-13-7-8-16(15(18)11-13)19-17(22)20(9-10-21)12-14-5-3-2-4-6-14/h2-8,11,21H,9-10,12H2,1H3,(H,19,22). The number of urea groups is 1. The molecule has 0 aromatic heterocycles. The number of carbonyl (C=O) groups excluding carboxylic acids is 1. The highest BCUT2D eigenvalue weighted by Gasteiger charge is 2.14. The van der Waals surface area contributed by atoms with Gasteiger partial charge >= 0.3 is 6.03 Å². The lowest BCUT2D eigenvalue weighted by Crippen LogP contribution is -2.36. The van der Waals surface area contributed by atoms with Crippen LogP contribution in [0.25, 0.3) is 0 Å². The number of anilines is 1. The van der Waals surface area contributed by atoms with Crippen LogP contribution in [0.3, 0.4) is 0 Å². The molecule has 0 saturated carbocycles. The first-order valence-electron chi connectivity index (χ1n) is 7.07. The highest BCUT2D eigenvalue weighted by atomic mass is 35.5. The van der Waals surface area contributed by atoms with Crippen LogP contribution in [0.15, 0.2) is 48.5 Å². The normalized spacial score (nSPS) is 10.3. The summed E-state index contributed by atoms with van der Waals surface area (Å²) in [7, 11) is 0. The number of halogens is 1. The van der Waals surface area contributed by atoms with Crippen molar-refractivity contribution in [3.8, 4) is 0 Å². The lowest BCUT2D eigenvalue weighted by molar-refractivity contribution is 0.185. The van der Waals surface area contributed by atoms with Gasteiger partial charge in [0.25, 0.3) is 0 Å². The number of hydrogen-bond donors (Lipinski definition) is 2. The number of rotatable bonds is 5. The van der Waals surface area contributed by atoms with E-state index in [0.717, 1.165) is 11.1 Å². The molecule has 0 heterocycles. The molecule has 0 radical (unpaired) electrons. The Morgan fingerprint density at radius 1 is 1.23 bits per heavy atom. The largest absolute Gasteiger partial charge is 0.395 e. The van der Waals surface area contributed by atoms with Crippen molar-refractivity contribution in [1.82, 2.24) is 4.90 Å². The second kappa shape index (κ2) is 7.82. The number of aryl methyl sites for hydroxylation is 1. The van der Waals surface area contributed by atoms with Crippen molar-refractivity contribution in [2.75, 3.05) is 18.5 Å². The highest BCUT2D eigenvalue weighted by Crippen LogP contribution is 2.23. The molecule has 0 fully saturated rings. The van der Waals surface area contributed by atoms with E-state index >= 15 is 0 Å². The van der Waals surface area contributed by atoms with E-state index in [1.54, 1.807) is 17.0 Å². The molecule has 0 aliphatic rings. The summed E-state index contributed by atoms with van der Waals surface area (Å²) < 4.78 is 0. The minimum Gasteiger partial charge on any atom is -0.395 e. The summed E-state index contributed by atoms with van der Waals surface area (Å²) in [5.74, 6) is 0. The van der Waals surface area contributed by atoms with E-state index in [1.165, 1.54) is 0 Å². The first-order chi connectivity index (χ1) is 10.6. The molecule has 5 heteroatoms. The smallest absolute Gasteiger partial charge is 0.322 e. The number of aliphatic hydroxyl groups is 1. The Bertz CT molecular complexity index is 632. The molecule has 2 aromatic rings. The van der Waals surface area contributed by atoms with E-state index in [-0.39, 0.29) is 19.2 Å². The zero-order chi connectivity index (χ0) is 15.9. The second-order valence-electron chi connectivity index (χ2n) is 5.04. The minimum absolute atomic E-state index is 0.0954. The van der Waals surface area contributed by atoms with E-state index in [4.69, 9.17) is 11.6 Å². The minimum atomic E-state index is -0.288. The number of nitrogens with zero attached hydrogens (tertiary/aromatic N) is 1. The Balaban J connectivity index is 2.09. The third-order valence-electron chi connectivity index (χ3n) is 3.24. The van der Waals surface area contributed by atoms with E-state index in [9.17, 15) is 9.90 Å². The fourth-order valence-corrected chi connectivity index (χ4v) is 2.38. The number of nitrogens with one attached hydrogen (secondary N) is 1. The van der Waals surface area contributed by atoms with Gasteiger partial charge in [-0.25, -0.2) is 4.79 Å². The Kier molecular flexibility index (Phi) is 5.81. The third kappa shape index (κ3) is 4.48. The predicted molar refractivity (Wildman–Crippen MR) is 89.1 cm³/mol. The van der Waals surface area contributed by atoms with Crippen LogP contribution in [0.2, 0.25) is 5.02 Å². The van der Waals surface area contributed by atoms with Crippen LogP contribution in [0.1, 0.15) is 11.1 Å². The molecule has 0 aliphatic carbocycles. The van der Waals surface area contributed by atoms with Crippen molar-refractivity contribution in [2.24, 2.45) is 0 Å². The van der Waals surface area contributed by atoms with Gasteiger partial charge in [-0.15, -0.1) is 0 Å². The molecular formula is C17H19ClN2O2. The maximum atomic E-state index is 12.4. The number of hydrogen-bond acceptors (Lipinski definition) is 2. The van der Waals surface area contributed by atoms with Crippen LogP contribution >= 0.6 is 11.6 Å². The van der Waals surface area contributed by atoms with Gasteiger partial charge < -0.3 is 15.3 Å². The molecule has 0 bridgehead atoms. The molecule has 0 unspecified atom stereocenters. The monoisotopic (exact) mass is 318 g/mol. The molecule has 2 amide bonds. The van der Waals surface area contributed by atoms with Gasteiger partial charge in [-0.2, -0.15) is 0 Å². The van der Waals surface area contributed by atoms with E-state index in [1.807, 2.05) is 43.3 Å². The summed E-state index contributed by atoms with van der Waals surface area (Å²) >= 11 is 6.13. The summed E-state index contributed by atoms with van der Waals surface area (Å²) in [5, 5.41) is 12.5. The van der Waals surface area contributed by atoms with Gasteiger partial charge in [0.15, 0.2) is 0 Å². The van der Waals surface area contributed by atoms with Gasteiger partial charge in [0.05, 0.1) is 17.3 Å². The number of carbonyl (C=O) groups is 1. The van der Waals surface area contributed by atoms with E-state index < -0.39 is 0 Å². The predicted octanol–water partition coefficient (Wildman–Crippen LogP) is 3.67. The lowest BCUT2D eigenvalue weighted by atomic mass is 10.2. The molecule has 0 spiro atoms. The average Bonchev–Trinajstić information content (AvgIpc) is 2.50. The first kappa shape index (κ1) is 16.3. The summed E-state index contributed by atoms with van der Waals surface area (Å²) in [5.41, 5.74) is 2.59. The molecule has 116 valence electrons. The van der Waals surface area contributed by atoms with E-state index in [0.29, 0.717) is 17.3 Å². The molecule has 0 atom stereocenters. The van der Waals surface area contributed by atoms with Crippen molar-refractivity contribution >= 4 is 23.3 Å². The van der Waals surface area contributed by atoms with Crippen LogP contribution in [0, 0.1) is 6.92 Å². The van der Waals surface area contributed by atoms with Crippen molar-refractivity contribution in [3.63, 3.8) is 0 Å². The van der Waals surface area contributed by atoms with Crippen molar-refractivity contribution in [2.45, 2.75) is 13.5 Å². The summed E-state index contributed by atoms with van der Waals surface area (Å²) in [6.45, 7) is 2.52. The number of aliphatic hydroxyl groups excluding tert-OH is 1. The van der Waals surface area contributed by atoms with Crippen LogP contribution in [0.4, 0.5) is 10.5 Å². The molecule has 22 heavy (non-hydrogen) atoms. The van der Waals surface area contributed by atoms with Crippen LogP contribution in [-0.4, -0.2) is 29.2 Å². The summed E-state index contributed by atoms with van der Waals surface area (Å²) in [6, 6.07) is 14.8. The SMILES string of the molecule is Cc1ccc(NC(=O)N(CCO)Cc2ccccc2)c(Cl)c1. The topological polar surface area (TPSA) is 52.6 Å². The quantitative estimate of drug-likeness (QED) is 0.883. The first-order valence-corrected chi connectivity index (χ1v) is 7.45. The molecule has 0 aliphatic heterocycles. The maximum Gasteiger partial charge on any atom is 0.322 e. The molecule has 2 rings (SSSR count). The molecule has 2 aromatic carbocycles. The van der Waals surface area contributed by atoms with Gasteiger partial charge in [-0.3, -0.25) is 0 Å². The summed E-state index contributed by atoms with van der Waals surface area (Å²) in [4.78, 5) is 13.9. The Hall–Kier alpha value is -2.04. The fraction of sp³-hybridized carbons (Fsp3) is 0.235. The van der Waals surface area contributed by atoms with Crippen LogP contribution in [-0.2, 0) is 6.54 Å². The summed E-state index contributed by atoms with van der Waals surface area (Å²) in [6.07, 6.45) is 0. The van der Waals surface area contributed by atoms with E-state index in [2.05, 4.69) is 5.32 Å². The fourth-order valence-electron chi connectivity index (χ4n) is 2.09. The Morgan fingerprint density at radius 3 is 2.59 bits per heavy atom.